The summed E-state index contributed by atoms with van der Waals surface area (Å²) >= 11 is 1.34. The molecule has 0 aromatic carbocycles. The Kier molecular flexibility index (Phi) is 2.98. The van der Waals surface area contributed by atoms with Gasteiger partial charge >= 0.3 is 0 Å². The van der Waals surface area contributed by atoms with Crippen LogP contribution in [-0.4, -0.2) is 49.1 Å². The van der Waals surface area contributed by atoms with Gasteiger partial charge in [-0.25, -0.2) is 4.68 Å². The minimum absolute atomic E-state index is 0.0171. The van der Waals surface area contributed by atoms with Crippen molar-refractivity contribution in [2.45, 2.75) is 42.4 Å². The zero-order valence-corrected chi connectivity index (χ0v) is 10.7. The molecule has 0 bridgehead atoms. The van der Waals surface area contributed by atoms with Crippen LogP contribution in [0.4, 0.5) is 0 Å². The zero-order valence-electron chi connectivity index (χ0n) is 9.87. The Morgan fingerprint density at radius 1 is 1.56 bits per heavy atom. The van der Waals surface area contributed by atoms with E-state index in [1.54, 1.807) is 4.68 Å². The van der Waals surface area contributed by atoms with Gasteiger partial charge in [0.25, 0.3) is 0 Å². The number of nitrogens with one attached hydrogen (secondary N) is 1. The van der Waals surface area contributed by atoms with Crippen LogP contribution in [-0.2, 0) is 4.79 Å². The molecule has 0 atom stereocenters. The molecule has 1 heterocycles. The number of tetrazole rings is 1. The molecule has 1 amide bonds. The molecule has 8 heteroatoms. The normalized spacial score (nSPS) is 20.7. The zero-order chi connectivity index (χ0) is 12.6. The molecule has 7 nitrogen and oxygen atoms in total. The summed E-state index contributed by atoms with van der Waals surface area (Å²) in [5.74, 6) is 0.214. The van der Waals surface area contributed by atoms with Crippen LogP contribution in [0.15, 0.2) is 5.16 Å². The number of aromatic nitrogens is 4. The van der Waals surface area contributed by atoms with Crippen molar-refractivity contribution in [1.82, 2.24) is 25.5 Å². The Bertz CT molecular complexity index is 455. The molecule has 0 unspecified atom stereocenters. The quantitative estimate of drug-likeness (QED) is 0.691. The van der Waals surface area contributed by atoms with Gasteiger partial charge in [-0.05, 0) is 36.1 Å². The Hall–Kier alpha value is -1.15. The number of aliphatic hydroxyl groups excluding tert-OH is 1. The van der Waals surface area contributed by atoms with Crippen molar-refractivity contribution < 1.29 is 9.90 Å². The number of nitrogens with zero attached hydrogens (tertiary/aromatic N) is 4. The minimum atomic E-state index is -0.347. The predicted molar refractivity (Wildman–Crippen MR) is 64.0 cm³/mol. The first-order valence-corrected chi connectivity index (χ1v) is 7.03. The Morgan fingerprint density at radius 2 is 2.33 bits per heavy atom. The van der Waals surface area contributed by atoms with Crippen LogP contribution in [0.3, 0.4) is 0 Å². The van der Waals surface area contributed by atoms with E-state index in [9.17, 15) is 4.79 Å². The summed E-state index contributed by atoms with van der Waals surface area (Å²) < 4.78 is 1.79. The lowest BCUT2D eigenvalue weighted by molar-refractivity contribution is -0.119. The van der Waals surface area contributed by atoms with Gasteiger partial charge in [-0.15, -0.1) is 5.10 Å². The second-order valence-corrected chi connectivity index (χ2v) is 5.85. The average Bonchev–Trinajstić information content (AvgIpc) is 3.29. The third kappa shape index (κ3) is 2.49. The lowest BCUT2D eigenvalue weighted by atomic mass is 10.3. The van der Waals surface area contributed by atoms with Crippen molar-refractivity contribution in [3.05, 3.63) is 0 Å². The summed E-state index contributed by atoms with van der Waals surface area (Å²) in [5.41, 5.74) is -0.347. The topological polar surface area (TPSA) is 92.9 Å². The van der Waals surface area contributed by atoms with Crippen LogP contribution < -0.4 is 5.32 Å². The Morgan fingerprint density at radius 3 is 2.94 bits per heavy atom. The Labute approximate surface area is 108 Å². The smallest absolute Gasteiger partial charge is 0.230 e. The lowest BCUT2D eigenvalue weighted by Crippen LogP contribution is -2.40. The fourth-order valence-electron chi connectivity index (χ4n) is 1.76. The van der Waals surface area contributed by atoms with E-state index in [1.165, 1.54) is 11.8 Å². The highest BCUT2D eigenvalue weighted by atomic mass is 32.2. The largest absolute Gasteiger partial charge is 0.394 e. The van der Waals surface area contributed by atoms with Crippen LogP contribution in [0.1, 0.15) is 31.7 Å². The minimum Gasteiger partial charge on any atom is -0.394 e. The fourth-order valence-corrected chi connectivity index (χ4v) is 2.51. The van der Waals surface area contributed by atoms with Crippen LogP contribution >= 0.6 is 11.8 Å². The summed E-state index contributed by atoms with van der Waals surface area (Å²) in [6.07, 6.45) is 3.94. The number of hydrogen-bond donors (Lipinski definition) is 2. The summed E-state index contributed by atoms with van der Waals surface area (Å²) in [6.45, 7) is 0.0171. The second-order valence-electron chi connectivity index (χ2n) is 4.91. The van der Waals surface area contributed by atoms with E-state index in [0.717, 1.165) is 25.7 Å². The maximum absolute atomic E-state index is 11.7. The number of rotatable bonds is 6. The molecule has 1 aromatic heterocycles. The van der Waals surface area contributed by atoms with E-state index >= 15 is 0 Å². The number of aliphatic hydroxyl groups is 1. The fraction of sp³-hybridized carbons (Fsp3) is 0.800. The van der Waals surface area contributed by atoms with Crippen molar-refractivity contribution in [3.8, 4) is 0 Å². The van der Waals surface area contributed by atoms with Gasteiger partial charge in [0, 0.05) is 0 Å². The monoisotopic (exact) mass is 269 g/mol. The second kappa shape index (κ2) is 4.51. The first-order chi connectivity index (χ1) is 8.72. The molecular weight excluding hydrogens is 254 g/mol. The molecule has 2 aliphatic rings. The van der Waals surface area contributed by atoms with Crippen LogP contribution in [0.25, 0.3) is 0 Å². The summed E-state index contributed by atoms with van der Waals surface area (Å²) in [5, 5.41) is 24.2. The molecule has 2 aliphatic carbocycles. The summed E-state index contributed by atoms with van der Waals surface area (Å²) in [4.78, 5) is 11.7. The molecule has 98 valence electrons. The van der Waals surface area contributed by atoms with Gasteiger partial charge in [0.15, 0.2) is 0 Å². The predicted octanol–water partition coefficient (Wildman–Crippen LogP) is -0.259. The van der Waals surface area contributed by atoms with Crippen molar-refractivity contribution in [2.75, 3.05) is 12.4 Å². The average molecular weight is 269 g/mol. The highest BCUT2D eigenvalue weighted by Crippen LogP contribution is 2.37. The first kappa shape index (κ1) is 11.9. The third-order valence-corrected chi connectivity index (χ3v) is 4.18. The molecule has 0 spiro atoms. The van der Waals surface area contributed by atoms with Gasteiger partial charge in [0.1, 0.15) is 0 Å². The molecule has 0 saturated heterocycles. The van der Waals surface area contributed by atoms with E-state index < -0.39 is 0 Å². The van der Waals surface area contributed by atoms with Gasteiger partial charge in [0.2, 0.25) is 11.1 Å². The van der Waals surface area contributed by atoms with Crippen molar-refractivity contribution in [2.24, 2.45) is 0 Å². The third-order valence-electron chi connectivity index (χ3n) is 3.25. The molecule has 1 aromatic rings. The van der Waals surface area contributed by atoms with E-state index in [-0.39, 0.29) is 23.8 Å². The van der Waals surface area contributed by atoms with Crippen LogP contribution in [0.2, 0.25) is 0 Å². The number of thioether (sulfide) groups is 1. The molecule has 3 rings (SSSR count). The molecule has 2 saturated carbocycles. The van der Waals surface area contributed by atoms with Crippen LogP contribution in [0.5, 0.6) is 0 Å². The number of amides is 1. The highest BCUT2D eigenvalue weighted by Gasteiger charge is 2.43. The maximum atomic E-state index is 11.7. The standard InChI is InChI=1S/C10H15N5O2S/c16-6-10(3-4-10)11-8(17)5-18-9-12-13-14-15(9)7-1-2-7/h7,16H,1-6H2,(H,11,17). The van der Waals surface area contributed by atoms with Crippen LogP contribution in [0, 0.1) is 0 Å². The van der Waals surface area contributed by atoms with E-state index in [4.69, 9.17) is 5.11 Å². The Balaban J connectivity index is 1.51. The van der Waals surface area contributed by atoms with Crippen molar-refractivity contribution in [3.63, 3.8) is 0 Å². The highest BCUT2D eigenvalue weighted by molar-refractivity contribution is 7.99. The van der Waals surface area contributed by atoms with E-state index in [1.807, 2.05) is 0 Å². The van der Waals surface area contributed by atoms with Gasteiger partial charge in [-0.2, -0.15) is 0 Å². The number of hydrogen-bond acceptors (Lipinski definition) is 6. The SMILES string of the molecule is O=C(CSc1nnnn1C1CC1)NC1(CO)CC1. The van der Waals surface area contributed by atoms with E-state index in [0.29, 0.717) is 11.2 Å². The van der Waals surface area contributed by atoms with Gasteiger partial charge < -0.3 is 10.4 Å². The van der Waals surface area contributed by atoms with E-state index in [2.05, 4.69) is 20.8 Å². The van der Waals surface area contributed by atoms with Gasteiger partial charge in [-0.1, -0.05) is 11.8 Å². The first-order valence-electron chi connectivity index (χ1n) is 6.05. The molecule has 0 radical (unpaired) electrons. The van der Waals surface area contributed by atoms with Crippen molar-refractivity contribution >= 4 is 17.7 Å². The molecule has 0 aliphatic heterocycles. The maximum Gasteiger partial charge on any atom is 0.230 e. The number of carbonyl (C=O) groups excluding carboxylic acids is 1. The summed E-state index contributed by atoms with van der Waals surface area (Å²) in [7, 11) is 0. The molecule has 2 fully saturated rings. The van der Waals surface area contributed by atoms with Gasteiger partial charge in [-0.3, -0.25) is 4.79 Å². The van der Waals surface area contributed by atoms with Gasteiger partial charge in [0.05, 0.1) is 23.9 Å². The summed E-state index contributed by atoms with van der Waals surface area (Å²) in [6, 6.07) is 0.415. The lowest BCUT2D eigenvalue weighted by Gasteiger charge is -2.13. The van der Waals surface area contributed by atoms with Crippen molar-refractivity contribution in [1.29, 1.82) is 0 Å². The number of carbonyl (C=O) groups is 1. The molecule has 2 N–H and O–H groups in total. The molecule has 18 heavy (non-hydrogen) atoms. The molecular formula is C10H15N5O2S.